The summed E-state index contributed by atoms with van der Waals surface area (Å²) in [7, 11) is 0. The zero-order valence-electron chi connectivity index (χ0n) is 10.1. The largest absolute Gasteiger partial charge is 0.501 e. The first-order chi connectivity index (χ1) is 8.84. The van der Waals surface area contributed by atoms with Gasteiger partial charge in [-0.3, -0.25) is 4.79 Å². The average molecular weight is 238 g/mol. The van der Waals surface area contributed by atoms with Gasteiger partial charge in [-0.15, -0.1) is 0 Å². The second-order valence-electron chi connectivity index (χ2n) is 4.51. The van der Waals surface area contributed by atoms with Crippen molar-refractivity contribution in [3.05, 3.63) is 59.9 Å². The van der Waals surface area contributed by atoms with Crippen LogP contribution >= 0.6 is 0 Å². The maximum Gasteiger partial charge on any atom is 0.192 e. The first kappa shape index (κ1) is 11.0. The highest BCUT2D eigenvalue weighted by Crippen LogP contribution is 2.21. The van der Waals surface area contributed by atoms with Gasteiger partial charge in [0.25, 0.3) is 0 Å². The third kappa shape index (κ3) is 2.02. The van der Waals surface area contributed by atoms with E-state index in [0.717, 1.165) is 34.8 Å². The fraction of sp³-hybridized carbons (Fsp3) is 0.188. The van der Waals surface area contributed by atoms with Crippen molar-refractivity contribution in [3.63, 3.8) is 0 Å². The third-order valence-electron chi connectivity index (χ3n) is 3.24. The molecule has 1 aliphatic rings. The lowest BCUT2D eigenvalue weighted by Gasteiger charge is -2.12. The number of Topliss-reactive ketones (excluding diaryl/α,β-unsaturated/α-hetero) is 1. The molecule has 0 saturated carbocycles. The van der Waals surface area contributed by atoms with Crippen LogP contribution in [-0.2, 0) is 4.74 Å². The van der Waals surface area contributed by atoms with Gasteiger partial charge in [-0.05, 0) is 29.7 Å². The molecular weight excluding hydrogens is 224 g/mol. The van der Waals surface area contributed by atoms with Crippen molar-refractivity contribution < 1.29 is 9.53 Å². The molecule has 2 heteroatoms. The molecule has 2 aromatic rings. The van der Waals surface area contributed by atoms with Crippen molar-refractivity contribution in [2.75, 3.05) is 6.61 Å². The molecule has 1 aliphatic heterocycles. The van der Waals surface area contributed by atoms with Gasteiger partial charge in [-0.25, -0.2) is 0 Å². The van der Waals surface area contributed by atoms with Crippen LogP contribution in [0.15, 0.2) is 54.3 Å². The smallest absolute Gasteiger partial charge is 0.192 e. The number of hydrogen-bond acceptors (Lipinski definition) is 2. The Labute approximate surface area is 106 Å². The topological polar surface area (TPSA) is 26.3 Å². The Morgan fingerprint density at radius 1 is 1.06 bits per heavy atom. The summed E-state index contributed by atoms with van der Waals surface area (Å²) >= 11 is 0. The summed E-state index contributed by atoms with van der Waals surface area (Å²) in [5.41, 5.74) is 1.52. The molecule has 0 bridgehead atoms. The van der Waals surface area contributed by atoms with Gasteiger partial charge in [-0.2, -0.15) is 0 Å². The molecule has 0 amide bonds. The lowest BCUT2D eigenvalue weighted by molar-refractivity contribution is 0.101. The molecule has 0 saturated heterocycles. The number of ether oxygens (including phenoxy) is 1. The Balaban J connectivity index is 1.98. The molecule has 0 spiro atoms. The summed E-state index contributed by atoms with van der Waals surface area (Å²) in [6.45, 7) is 0.717. The van der Waals surface area contributed by atoms with Crippen LogP contribution in [0.4, 0.5) is 0 Å². The van der Waals surface area contributed by atoms with Gasteiger partial charge in [-0.1, -0.05) is 36.4 Å². The quantitative estimate of drug-likeness (QED) is 0.745. The minimum atomic E-state index is 0.0838. The Hall–Kier alpha value is -2.09. The van der Waals surface area contributed by atoms with Crippen LogP contribution in [0.3, 0.4) is 0 Å². The standard InChI is InChI=1S/C16H14O2/c17-16(15-6-3-9-18-11-15)14-8-7-12-4-1-2-5-13(12)10-14/h1-2,4-5,7-8,10-11H,3,6,9H2. The highest BCUT2D eigenvalue weighted by atomic mass is 16.5. The van der Waals surface area contributed by atoms with Gasteiger partial charge in [0.15, 0.2) is 5.78 Å². The van der Waals surface area contributed by atoms with Crippen molar-refractivity contribution in [2.45, 2.75) is 12.8 Å². The van der Waals surface area contributed by atoms with Gasteiger partial charge in [0.2, 0.25) is 0 Å². The van der Waals surface area contributed by atoms with Crippen molar-refractivity contribution >= 4 is 16.6 Å². The van der Waals surface area contributed by atoms with Crippen LogP contribution in [0.1, 0.15) is 23.2 Å². The zero-order valence-corrected chi connectivity index (χ0v) is 10.1. The molecule has 0 atom stereocenters. The Kier molecular flexibility index (Phi) is 2.85. The second kappa shape index (κ2) is 4.65. The summed E-state index contributed by atoms with van der Waals surface area (Å²) < 4.78 is 5.23. The van der Waals surface area contributed by atoms with Crippen molar-refractivity contribution in [1.29, 1.82) is 0 Å². The van der Waals surface area contributed by atoms with Gasteiger partial charge in [0, 0.05) is 11.1 Å². The Bertz CT molecular complexity index is 626. The number of fused-ring (bicyclic) bond motifs is 1. The SMILES string of the molecule is O=C(C1=COCCC1)c1ccc2ccccc2c1. The Morgan fingerprint density at radius 3 is 2.67 bits per heavy atom. The van der Waals surface area contributed by atoms with E-state index in [-0.39, 0.29) is 5.78 Å². The fourth-order valence-electron chi connectivity index (χ4n) is 2.25. The highest BCUT2D eigenvalue weighted by Gasteiger charge is 2.15. The fourth-order valence-corrected chi connectivity index (χ4v) is 2.25. The molecule has 0 aliphatic carbocycles. The maximum atomic E-state index is 12.3. The van der Waals surface area contributed by atoms with Crippen LogP contribution in [-0.4, -0.2) is 12.4 Å². The van der Waals surface area contributed by atoms with Crippen molar-refractivity contribution in [1.82, 2.24) is 0 Å². The number of carbonyl (C=O) groups excluding carboxylic acids is 1. The molecule has 2 aromatic carbocycles. The molecule has 0 fully saturated rings. The maximum absolute atomic E-state index is 12.3. The van der Waals surface area contributed by atoms with Gasteiger partial charge >= 0.3 is 0 Å². The second-order valence-corrected chi connectivity index (χ2v) is 4.51. The molecule has 0 unspecified atom stereocenters. The van der Waals surface area contributed by atoms with Gasteiger partial charge in [0.1, 0.15) is 0 Å². The predicted octanol–water partition coefficient (Wildman–Crippen LogP) is 3.72. The molecule has 2 nitrogen and oxygen atoms in total. The van der Waals surface area contributed by atoms with Crippen LogP contribution in [0.5, 0.6) is 0 Å². The number of allylic oxidation sites excluding steroid dienone is 1. The minimum Gasteiger partial charge on any atom is -0.501 e. The van der Waals surface area contributed by atoms with Gasteiger partial charge in [0.05, 0.1) is 12.9 Å². The minimum absolute atomic E-state index is 0.0838. The number of rotatable bonds is 2. The summed E-state index contributed by atoms with van der Waals surface area (Å²) in [5, 5.41) is 2.25. The van der Waals surface area contributed by atoms with E-state index in [0.29, 0.717) is 6.61 Å². The molecule has 1 heterocycles. The predicted molar refractivity (Wildman–Crippen MR) is 71.5 cm³/mol. The van der Waals surface area contributed by atoms with E-state index in [4.69, 9.17) is 4.74 Å². The van der Waals surface area contributed by atoms with E-state index >= 15 is 0 Å². The molecule has 0 N–H and O–H groups in total. The van der Waals surface area contributed by atoms with Crippen LogP contribution in [0.2, 0.25) is 0 Å². The summed E-state index contributed by atoms with van der Waals surface area (Å²) in [4.78, 5) is 12.3. The van der Waals surface area contributed by atoms with Gasteiger partial charge < -0.3 is 4.74 Å². The normalized spacial score (nSPS) is 15.0. The number of carbonyl (C=O) groups is 1. The van der Waals surface area contributed by atoms with Crippen LogP contribution in [0, 0.1) is 0 Å². The van der Waals surface area contributed by atoms with Crippen LogP contribution < -0.4 is 0 Å². The highest BCUT2D eigenvalue weighted by molar-refractivity contribution is 6.10. The van der Waals surface area contributed by atoms with Crippen LogP contribution in [0.25, 0.3) is 10.8 Å². The lowest BCUT2D eigenvalue weighted by atomic mass is 9.97. The number of ketones is 1. The number of hydrogen-bond donors (Lipinski definition) is 0. The molecule has 18 heavy (non-hydrogen) atoms. The Morgan fingerprint density at radius 2 is 1.89 bits per heavy atom. The van der Waals surface area contributed by atoms with E-state index in [1.807, 2.05) is 42.5 Å². The number of benzene rings is 2. The summed E-state index contributed by atoms with van der Waals surface area (Å²) in [5.74, 6) is 0.0838. The first-order valence-corrected chi connectivity index (χ1v) is 6.19. The summed E-state index contributed by atoms with van der Waals surface area (Å²) in [6.07, 6.45) is 3.35. The van der Waals surface area contributed by atoms with Crippen molar-refractivity contribution in [3.8, 4) is 0 Å². The molecular formula is C16H14O2. The molecule has 0 radical (unpaired) electrons. The van der Waals surface area contributed by atoms with E-state index in [1.165, 1.54) is 0 Å². The van der Waals surface area contributed by atoms with Crippen molar-refractivity contribution in [2.24, 2.45) is 0 Å². The lowest BCUT2D eigenvalue weighted by Crippen LogP contribution is -2.09. The van der Waals surface area contributed by atoms with E-state index < -0.39 is 0 Å². The third-order valence-corrected chi connectivity index (χ3v) is 3.24. The molecule has 0 aromatic heterocycles. The average Bonchev–Trinajstić information content (AvgIpc) is 2.47. The zero-order chi connectivity index (χ0) is 12.4. The summed E-state index contributed by atoms with van der Waals surface area (Å²) in [6, 6.07) is 13.9. The first-order valence-electron chi connectivity index (χ1n) is 6.19. The monoisotopic (exact) mass is 238 g/mol. The molecule has 3 rings (SSSR count). The van der Waals surface area contributed by atoms with E-state index in [2.05, 4.69) is 0 Å². The molecule has 90 valence electrons. The van der Waals surface area contributed by atoms with E-state index in [1.54, 1.807) is 6.26 Å². The van der Waals surface area contributed by atoms with E-state index in [9.17, 15) is 4.79 Å².